The van der Waals surface area contributed by atoms with Gasteiger partial charge in [0.15, 0.2) is 0 Å². The van der Waals surface area contributed by atoms with Gasteiger partial charge in [0.1, 0.15) is 31.2 Å². The van der Waals surface area contributed by atoms with Crippen LogP contribution in [0.2, 0.25) is 25.7 Å². The van der Waals surface area contributed by atoms with Gasteiger partial charge in [-0.15, -0.1) is 0 Å². The van der Waals surface area contributed by atoms with E-state index in [1.54, 1.807) is 12.3 Å². The minimum Gasteiger partial charge on any atom is -0.381 e. The zero-order valence-corrected chi connectivity index (χ0v) is 22.8. The molecule has 0 radical (unpaired) electrons. The van der Waals surface area contributed by atoms with E-state index in [-0.39, 0.29) is 5.82 Å². The first-order chi connectivity index (χ1) is 17.5. The zero-order chi connectivity index (χ0) is 26.6. The highest BCUT2D eigenvalue weighted by Gasteiger charge is 2.30. The first-order valence-electron chi connectivity index (χ1n) is 12.5. The SMILES string of the molecule is CN(CC(F)(F)F)c1cc(-c2cc3cnc(NC4CCOCC4)cc3n2COCC[Si](C)(C)C)ncn1. The fourth-order valence-electron chi connectivity index (χ4n) is 4.22. The number of hydrogen-bond donors (Lipinski definition) is 1. The third-order valence-corrected chi connectivity index (χ3v) is 8.00. The number of ether oxygens (including phenoxy) is 2. The Bertz CT molecular complexity index is 1190. The van der Waals surface area contributed by atoms with Crippen molar-refractivity contribution in [2.24, 2.45) is 0 Å². The number of hydrogen-bond acceptors (Lipinski definition) is 7. The molecule has 0 unspecified atom stereocenters. The van der Waals surface area contributed by atoms with Crippen LogP contribution in [0.1, 0.15) is 12.8 Å². The topological polar surface area (TPSA) is 77.3 Å². The van der Waals surface area contributed by atoms with Crippen LogP contribution in [0.3, 0.4) is 0 Å². The van der Waals surface area contributed by atoms with Crippen molar-refractivity contribution >= 4 is 30.6 Å². The fraction of sp³-hybridized carbons (Fsp3) is 0.560. The molecule has 1 N–H and O–H groups in total. The average Bonchev–Trinajstić information content (AvgIpc) is 3.19. The van der Waals surface area contributed by atoms with E-state index >= 15 is 0 Å². The molecule has 1 aliphatic heterocycles. The Morgan fingerprint density at radius 2 is 1.89 bits per heavy atom. The molecule has 3 aromatic heterocycles. The molecule has 37 heavy (non-hydrogen) atoms. The number of nitrogens with zero attached hydrogens (tertiary/aromatic N) is 5. The van der Waals surface area contributed by atoms with Gasteiger partial charge >= 0.3 is 6.18 Å². The van der Waals surface area contributed by atoms with E-state index in [9.17, 15) is 13.2 Å². The van der Waals surface area contributed by atoms with Crippen LogP contribution in [0.4, 0.5) is 24.8 Å². The molecule has 0 amide bonds. The van der Waals surface area contributed by atoms with Crippen molar-refractivity contribution in [1.82, 2.24) is 19.5 Å². The Kier molecular flexibility index (Phi) is 8.39. The quantitative estimate of drug-likeness (QED) is 0.275. The lowest BCUT2D eigenvalue weighted by Crippen LogP contribution is -2.31. The number of alkyl halides is 3. The monoisotopic (exact) mass is 536 g/mol. The Morgan fingerprint density at radius 1 is 1.14 bits per heavy atom. The Balaban J connectivity index is 1.66. The lowest BCUT2D eigenvalue weighted by Gasteiger charge is -2.23. The lowest BCUT2D eigenvalue weighted by atomic mass is 10.1. The molecule has 0 atom stereocenters. The Hall–Kier alpha value is -2.70. The van der Waals surface area contributed by atoms with Gasteiger partial charge in [0.2, 0.25) is 0 Å². The summed E-state index contributed by atoms with van der Waals surface area (Å²) in [6.07, 6.45) is 0.597. The first kappa shape index (κ1) is 27.3. The van der Waals surface area contributed by atoms with Crippen LogP contribution in [0, 0.1) is 0 Å². The molecule has 0 spiro atoms. The molecule has 4 rings (SSSR count). The highest BCUT2D eigenvalue weighted by Crippen LogP contribution is 2.30. The van der Waals surface area contributed by atoms with Gasteiger partial charge in [-0.1, -0.05) is 19.6 Å². The van der Waals surface area contributed by atoms with Crippen molar-refractivity contribution in [3.8, 4) is 11.4 Å². The van der Waals surface area contributed by atoms with E-state index in [1.165, 1.54) is 13.4 Å². The maximum atomic E-state index is 13.0. The summed E-state index contributed by atoms with van der Waals surface area (Å²) >= 11 is 0. The van der Waals surface area contributed by atoms with Crippen LogP contribution in [0.25, 0.3) is 22.3 Å². The summed E-state index contributed by atoms with van der Waals surface area (Å²) in [6, 6.07) is 6.84. The van der Waals surface area contributed by atoms with Crippen molar-refractivity contribution in [1.29, 1.82) is 0 Å². The van der Waals surface area contributed by atoms with E-state index in [4.69, 9.17) is 9.47 Å². The van der Waals surface area contributed by atoms with Gasteiger partial charge in [0, 0.05) is 64.7 Å². The number of pyridine rings is 1. The van der Waals surface area contributed by atoms with Gasteiger partial charge in [-0.3, -0.25) is 0 Å². The van der Waals surface area contributed by atoms with E-state index in [2.05, 4.69) is 39.9 Å². The number of halogens is 3. The van der Waals surface area contributed by atoms with Crippen LogP contribution >= 0.6 is 0 Å². The predicted octanol–water partition coefficient (Wildman–Crippen LogP) is 5.40. The van der Waals surface area contributed by atoms with Gasteiger partial charge in [-0.05, 0) is 25.0 Å². The summed E-state index contributed by atoms with van der Waals surface area (Å²) in [5, 5.41) is 4.40. The minimum atomic E-state index is -4.33. The molecule has 4 heterocycles. The summed E-state index contributed by atoms with van der Waals surface area (Å²) in [4.78, 5) is 14.1. The number of anilines is 2. The largest absolute Gasteiger partial charge is 0.405 e. The van der Waals surface area contributed by atoms with Crippen molar-refractivity contribution in [3.63, 3.8) is 0 Å². The molecular formula is C25H35F3N6O2Si. The number of nitrogens with one attached hydrogen (secondary N) is 1. The molecule has 0 bridgehead atoms. The Labute approximate surface area is 216 Å². The maximum Gasteiger partial charge on any atom is 0.405 e. The molecule has 8 nitrogen and oxygen atoms in total. The second-order valence-electron chi connectivity index (χ2n) is 10.7. The molecule has 1 aliphatic rings. The van der Waals surface area contributed by atoms with Crippen molar-refractivity contribution in [2.45, 2.75) is 57.5 Å². The summed E-state index contributed by atoms with van der Waals surface area (Å²) in [7, 11) is 0.101. The first-order valence-corrected chi connectivity index (χ1v) is 16.2. The van der Waals surface area contributed by atoms with E-state index in [0.717, 1.165) is 59.4 Å². The molecule has 202 valence electrons. The normalized spacial score (nSPS) is 15.3. The molecule has 3 aromatic rings. The van der Waals surface area contributed by atoms with Crippen molar-refractivity contribution in [3.05, 3.63) is 30.7 Å². The van der Waals surface area contributed by atoms with Crippen LogP contribution < -0.4 is 10.2 Å². The Morgan fingerprint density at radius 3 is 2.59 bits per heavy atom. The smallest absolute Gasteiger partial charge is 0.381 e. The predicted molar refractivity (Wildman–Crippen MR) is 142 cm³/mol. The van der Waals surface area contributed by atoms with Crippen LogP contribution in [0.5, 0.6) is 0 Å². The van der Waals surface area contributed by atoms with Gasteiger partial charge in [-0.2, -0.15) is 13.2 Å². The molecular weight excluding hydrogens is 501 g/mol. The number of aromatic nitrogens is 4. The van der Waals surface area contributed by atoms with Gasteiger partial charge in [-0.25, -0.2) is 15.0 Å². The van der Waals surface area contributed by atoms with E-state index in [1.807, 2.05) is 16.7 Å². The third-order valence-electron chi connectivity index (χ3n) is 6.30. The second kappa shape index (κ2) is 11.4. The highest BCUT2D eigenvalue weighted by molar-refractivity contribution is 6.76. The third kappa shape index (κ3) is 7.65. The molecule has 0 aliphatic carbocycles. The van der Waals surface area contributed by atoms with Crippen molar-refractivity contribution < 1.29 is 22.6 Å². The average molecular weight is 537 g/mol. The minimum absolute atomic E-state index is 0.193. The maximum absolute atomic E-state index is 13.0. The van der Waals surface area contributed by atoms with E-state index < -0.39 is 20.8 Å². The fourth-order valence-corrected chi connectivity index (χ4v) is 4.97. The van der Waals surface area contributed by atoms with Gasteiger partial charge < -0.3 is 24.3 Å². The van der Waals surface area contributed by atoms with Crippen molar-refractivity contribution in [2.75, 3.05) is 43.6 Å². The molecule has 0 aromatic carbocycles. The summed E-state index contributed by atoms with van der Waals surface area (Å²) in [5.41, 5.74) is 2.16. The molecule has 1 saturated heterocycles. The van der Waals surface area contributed by atoms with Gasteiger partial charge in [0.25, 0.3) is 0 Å². The second-order valence-corrected chi connectivity index (χ2v) is 16.3. The summed E-state index contributed by atoms with van der Waals surface area (Å²) < 4.78 is 52.4. The van der Waals surface area contributed by atoms with E-state index in [0.29, 0.717) is 25.1 Å². The summed E-state index contributed by atoms with van der Waals surface area (Å²) in [6.45, 7) is 8.18. The lowest BCUT2D eigenvalue weighted by molar-refractivity contribution is -0.119. The standard InChI is InChI=1S/C25H35F3N6O2Si/c1-33(15-25(26,27)28)24-12-20(30-16-31-24)22-11-18-14-29-23(32-19-5-7-35-8-6-19)13-21(18)34(22)17-36-9-10-37(2,3)4/h11-14,16,19H,5-10,15,17H2,1-4H3,(H,29,32). The summed E-state index contributed by atoms with van der Waals surface area (Å²) in [5.74, 6) is 0.958. The molecule has 0 saturated carbocycles. The molecule has 1 fully saturated rings. The zero-order valence-electron chi connectivity index (χ0n) is 21.8. The number of fused-ring (bicyclic) bond motifs is 1. The van der Waals surface area contributed by atoms with Gasteiger partial charge in [0.05, 0.1) is 16.9 Å². The van der Waals surface area contributed by atoms with Crippen LogP contribution in [-0.4, -0.2) is 73.2 Å². The van der Waals surface area contributed by atoms with Crippen LogP contribution in [0.15, 0.2) is 30.7 Å². The van der Waals surface area contributed by atoms with Crippen LogP contribution in [-0.2, 0) is 16.2 Å². The highest BCUT2D eigenvalue weighted by atomic mass is 28.3. The molecule has 12 heteroatoms. The number of rotatable bonds is 10.